The zero-order chi connectivity index (χ0) is 35.2. The molecule has 258 valence electrons. The number of para-hydroxylation sites is 1. The second kappa shape index (κ2) is 9.16. The normalized spacial score (nSPS) is 28.0. The molecule has 0 saturated heterocycles. The van der Waals surface area contributed by atoms with Gasteiger partial charge < -0.3 is 9.32 Å². The molecule has 2 atom stereocenters. The van der Waals surface area contributed by atoms with E-state index in [1.54, 1.807) is 0 Å². The van der Waals surface area contributed by atoms with Crippen molar-refractivity contribution in [3.05, 3.63) is 149 Å². The molecule has 2 heteroatoms. The molecule has 4 saturated carbocycles. The molecule has 13 rings (SSSR count). The fourth-order valence-corrected chi connectivity index (χ4v) is 13.8. The Bertz CT molecular complexity index is 2660. The third-order valence-electron chi connectivity index (χ3n) is 16.1. The summed E-state index contributed by atoms with van der Waals surface area (Å²) < 4.78 is 6.92. The van der Waals surface area contributed by atoms with Gasteiger partial charge in [-0.15, -0.1) is 0 Å². The van der Waals surface area contributed by atoms with E-state index in [0.717, 1.165) is 34.6 Å². The highest BCUT2D eigenvalue weighted by molar-refractivity contribution is 6.08. The second-order valence-corrected chi connectivity index (χ2v) is 18.6. The van der Waals surface area contributed by atoms with Crippen LogP contribution in [-0.4, -0.2) is 0 Å². The van der Waals surface area contributed by atoms with E-state index < -0.39 is 0 Å². The molecule has 0 N–H and O–H groups in total. The van der Waals surface area contributed by atoms with E-state index in [1.807, 2.05) is 0 Å². The monoisotopic (exact) mass is 685 g/mol. The summed E-state index contributed by atoms with van der Waals surface area (Å²) >= 11 is 0. The lowest BCUT2D eigenvalue weighted by Crippen LogP contribution is -2.87. The summed E-state index contributed by atoms with van der Waals surface area (Å²) in [7, 11) is 0. The summed E-state index contributed by atoms with van der Waals surface area (Å²) in [5.74, 6) is 2.90. The quantitative estimate of drug-likeness (QED) is 0.183. The van der Waals surface area contributed by atoms with Crippen molar-refractivity contribution >= 4 is 39.0 Å². The topological polar surface area (TPSA) is 16.4 Å². The van der Waals surface area contributed by atoms with Gasteiger partial charge in [0.15, 0.2) is 0 Å². The van der Waals surface area contributed by atoms with Crippen molar-refractivity contribution in [3.63, 3.8) is 0 Å². The minimum absolute atomic E-state index is 0.0871. The Labute approximate surface area is 311 Å². The molecular weight excluding hydrogens is 643 g/mol. The highest BCUT2D eigenvalue weighted by Crippen LogP contribution is 2.92. The largest absolute Gasteiger partial charge is 0.456 e. The maximum atomic E-state index is 6.92. The van der Waals surface area contributed by atoms with Gasteiger partial charge in [-0.3, -0.25) is 0 Å². The third-order valence-corrected chi connectivity index (χ3v) is 16.1. The van der Waals surface area contributed by atoms with Gasteiger partial charge >= 0.3 is 0 Å². The average molecular weight is 686 g/mol. The van der Waals surface area contributed by atoms with Crippen LogP contribution < -0.4 is 4.90 Å². The molecule has 0 radical (unpaired) electrons. The fraction of sp³-hybridized carbons (Fsp3) is 0.294. The minimum Gasteiger partial charge on any atom is -0.456 e. The highest BCUT2D eigenvalue weighted by atomic mass is 16.3. The van der Waals surface area contributed by atoms with Crippen molar-refractivity contribution in [2.75, 3.05) is 4.90 Å². The van der Waals surface area contributed by atoms with Gasteiger partial charge in [-0.1, -0.05) is 107 Å². The van der Waals surface area contributed by atoms with Crippen LogP contribution in [0.1, 0.15) is 81.2 Å². The summed E-state index contributed by atoms with van der Waals surface area (Å²) in [6.45, 7) is 9.52. The molecular formula is C51H43NO. The smallest absolute Gasteiger partial charge is 0.139 e. The summed E-state index contributed by atoms with van der Waals surface area (Å²) in [6, 6.07) is 46.2. The lowest BCUT2D eigenvalue weighted by molar-refractivity contribution is -0.395. The Hall–Kier alpha value is -5.08. The number of nitrogens with zero attached hydrogens (tertiary/aromatic N) is 1. The summed E-state index contributed by atoms with van der Waals surface area (Å²) in [5, 5.41) is 2.48. The zero-order valence-electron chi connectivity index (χ0n) is 31.0. The van der Waals surface area contributed by atoms with Crippen molar-refractivity contribution in [2.45, 2.75) is 69.6 Å². The summed E-state index contributed by atoms with van der Waals surface area (Å²) in [5.41, 5.74) is 19.0. The van der Waals surface area contributed by atoms with Crippen LogP contribution in [0.15, 0.2) is 126 Å². The SMILES string of the molecule is CC1(C)c2ccccc2-c2ccc(N(c3ccc4c(c3)C(C)(C)c3ccccc3-4)c3ccc4oc5c(C67CC8CC9CC(C6)C987)cccc5c4c3)cc21. The standard InChI is InChI=1S/C51H43NO/c1-48(2)41-13-7-5-10-35(41)37-19-16-33(25-44(37)48)52(34-17-20-38-36-11-6-8-14-42(36)49(3,4)45(38)26-34)32-18-21-46-40(24-32)39-12-9-15-43(47(39)53-46)50-27-30-22-29-23-31(28-50)51(29,30)50/h5-21,24-26,29-31H,22-23,27-28H2,1-4H3. The summed E-state index contributed by atoms with van der Waals surface area (Å²) in [6.07, 6.45) is 5.69. The molecule has 1 heterocycles. The van der Waals surface area contributed by atoms with Crippen LogP contribution in [0.2, 0.25) is 0 Å². The van der Waals surface area contributed by atoms with Crippen molar-refractivity contribution in [1.82, 2.24) is 0 Å². The van der Waals surface area contributed by atoms with Crippen molar-refractivity contribution < 1.29 is 4.42 Å². The van der Waals surface area contributed by atoms with Crippen molar-refractivity contribution in [2.24, 2.45) is 23.2 Å². The zero-order valence-corrected chi connectivity index (χ0v) is 31.0. The molecule has 0 amide bonds. The fourth-order valence-electron chi connectivity index (χ4n) is 13.8. The number of anilines is 3. The van der Waals surface area contributed by atoms with E-state index in [0.29, 0.717) is 10.8 Å². The predicted molar refractivity (Wildman–Crippen MR) is 217 cm³/mol. The molecule has 53 heavy (non-hydrogen) atoms. The molecule has 6 aromatic carbocycles. The van der Waals surface area contributed by atoms with Crippen LogP contribution in [0.5, 0.6) is 0 Å². The Kier molecular flexibility index (Phi) is 5.08. The van der Waals surface area contributed by atoms with Crippen molar-refractivity contribution in [1.29, 1.82) is 0 Å². The molecule has 6 aliphatic carbocycles. The molecule has 6 aliphatic rings. The minimum atomic E-state index is -0.0871. The Morgan fingerprint density at radius 3 is 1.60 bits per heavy atom. The van der Waals surface area contributed by atoms with Crippen LogP contribution in [0, 0.1) is 23.2 Å². The first kappa shape index (κ1) is 29.4. The van der Waals surface area contributed by atoms with E-state index in [9.17, 15) is 0 Å². The molecule has 1 spiro atoms. The molecule has 0 bridgehead atoms. The predicted octanol–water partition coefficient (Wildman–Crippen LogP) is 13.4. The van der Waals surface area contributed by atoms with Gasteiger partial charge in [-0.2, -0.15) is 0 Å². The second-order valence-electron chi connectivity index (χ2n) is 18.6. The maximum Gasteiger partial charge on any atom is 0.139 e. The third kappa shape index (κ3) is 3.17. The summed E-state index contributed by atoms with van der Waals surface area (Å²) in [4.78, 5) is 2.50. The molecule has 4 fully saturated rings. The first-order valence-corrected chi connectivity index (χ1v) is 20.0. The van der Waals surface area contributed by atoms with Gasteiger partial charge in [-0.05, 0) is 136 Å². The van der Waals surface area contributed by atoms with Crippen LogP contribution in [0.3, 0.4) is 0 Å². The van der Waals surface area contributed by atoms with E-state index in [-0.39, 0.29) is 10.8 Å². The van der Waals surface area contributed by atoms with Crippen LogP contribution in [0.4, 0.5) is 17.1 Å². The number of hydrogen-bond donors (Lipinski definition) is 0. The molecule has 2 nitrogen and oxygen atoms in total. The number of fused-ring (bicyclic) bond motifs is 9. The van der Waals surface area contributed by atoms with Crippen molar-refractivity contribution in [3.8, 4) is 22.3 Å². The van der Waals surface area contributed by atoms with E-state index in [1.165, 1.54) is 97.9 Å². The van der Waals surface area contributed by atoms with Crippen LogP contribution in [0.25, 0.3) is 44.2 Å². The van der Waals surface area contributed by atoms with Gasteiger partial charge in [0, 0.05) is 49.6 Å². The maximum absolute atomic E-state index is 6.92. The van der Waals surface area contributed by atoms with E-state index >= 15 is 0 Å². The highest BCUT2D eigenvalue weighted by Gasteiger charge is 2.88. The number of benzene rings is 6. The van der Waals surface area contributed by atoms with Crippen LogP contribution >= 0.6 is 0 Å². The van der Waals surface area contributed by atoms with Gasteiger partial charge in [-0.25, -0.2) is 0 Å². The number of rotatable bonds is 4. The first-order chi connectivity index (χ1) is 25.7. The number of furan rings is 1. The van der Waals surface area contributed by atoms with E-state index in [2.05, 4.69) is 154 Å². The molecule has 7 aromatic rings. The van der Waals surface area contributed by atoms with Gasteiger partial charge in [0.25, 0.3) is 0 Å². The Morgan fingerprint density at radius 1 is 0.491 bits per heavy atom. The number of hydrogen-bond acceptors (Lipinski definition) is 2. The van der Waals surface area contributed by atoms with E-state index in [4.69, 9.17) is 4.42 Å². The average Bonchev–Trinajstić information content (AvgIpc) is 3.70. The molecule has 2 unspecified atom stereocenters. The first-order valence-electron chi connectivity index (χ1n) is 20.0. The lowest BCUT2D eigenvalue weighted by Gasteiger charge is -2.91. The van der Waals surface area contributed by atoms with Gasteiger partial charge in [0.05, 0.1) is 0 Å². The lowest BCUT2D eigenvalue weighted by atomic mass is 9.12. The van der Waals surface area contributed by atoms with Gasteiger partial charge in [0.2, 0.25) is 0 Å². The van der Waals surface area contributed by atoms with Crippen LogP contribution in [-0.2, 0) is 16.2 Å². The molecule has 0 aliphatic heterocycles. The Morgan fingerprint density at radius 2 is 1.02 bits per heavy atom. The molecule has 1 aromatic heterocycles. The van der Waals surface area contributed by atoms with Gasteiger partial charge in [0.1, 0.15) is 11.2 Å². The Balaban J connectivity index is 1.00.